The van der Waals surface area contributed by atoms with Gasteiger partial charge in [-0.25, -0.2) is 4.90 Å². The number of aromatic nitrogens is 1. The number of hydrogen-bond acceptors (Lipinski definition) is 7. The minimum atomic E-state index is -0.670. The predicted octanol–water partition coefficient (Wildman–Crippen LogP) is 5.71. The summed E-state index contributed by atoms with van der Waals surface area (Å²) in [5.74, 6) is -1.54. The van der Waals surface area contributed by atoms with Crippen LogP contribution in [0.1, 0.15) is 21.9 Å². The number of H-pyrrole nitrogens is 1. The normalized spacial score (nSPS) is 19.3. The molecule has 8 nitrogen and oxygen atoms in total. The number of thioether (sulfide) groups is 1. The molecule has 3 heterocycles. The number of amides is 3. The van der Waals surface area contributed by atoms with Crippen LogP contribution in [-0.4, -0.2) is 34.6 Å². The fraction of sp³-hybridized carbons (Fsp3) is 0.152. The van der Waals surface area contributed by atoms with Gasteiger partial charge in [0.25, 0.3) is 5.91 Å². The fourth-order valence-electron chi connectivity index (χ4n) is 5.77. The predicted molar refractivity (Wildman–Crippen MR) is 168 cm³/mol. The van der Waals surface area contributed by atoms with Gasteiger partial charge in [0.1, 0.15) is 11.0 Å². The Balaban J connectivity index is 1.12. The Labute approximate surface area is 254 Å². The molecule has 10 heteroatoms. The summed E-state index contributed by atoms with van der Waals surface area (Å²) in [5.41, 5.74) is 3.06. The number of aryl methyl sites for hydroxylation is 1. The van der Waals surface area contributed by atoms with E-state index in [-0.39, 0.29) is 29.2 Å². The summed E-state index contributed by atoms with van der Waals surface area (Å²) in [6, 6.07) is 28.0. The summed E-state index contributed by atoms with van der Waals surface area (Å²) in [6.07, 6.45) is 0. The third kappa shape index (κ3) is 4.92. The summed E-state index contributed by atoms with van der Waals surface area (Å²) in [4.78, 5) is 57.1. The molecule has 1 fully saturated rings. The Bertz CT molecular complexity index is 1940. The molecule has 0 radical (unpaired) electrons. The molecule has 3 amide bonds. The van der Waals surface area contributed by atoms with Gasteiger partial charge in [-0.05, 0) is 48.2 Å². The molecule has 2 N–H and O–H groups in total. The number of ether oxygens (including phenoxy) is 1. The van der Waals surface area contributed by atoms with E-state index < -0.39 is 17.1 Å². The topological polar surface area (TPSA) is 109 Å². The lowest BCUT2D eigenvalue weighted by Gasteiger charge is -2.29. The van der Waals surface area contributed by atoms with E-state index in [1.54, 1.807) is 24.3 Å². The van der Waals surface area contributed by atoms with E-state index in [2.05, 4.69) is 10.3 Å². The van der Waals surface area contributed by atoms with Crippen LogP contribution in [0.3, 0.4) is 0 Å². The lowest BCUT2D eigenvalue weighted by molar-refractivity contribution is -0.122. The van der Waals surface area contributed by atoms with Gasteiger partial charge in [0.05, 0.1) is 16.6 Å². The maximum Gasteiger partial charge on any atom is 0.305 e. The zero-order valence-corrected chi connectivity index (χ0v) is 24.5. The molecular weight excluding hydrogens is 583 g/mol. The first-order valence-corrected chi connectivity index (χ1v) is 15.4. The van der Waals surface area contributed by atoms with Crippen molar-refractivity contribution in [2.45, 2.75) is 23.1 Å². The second-order valence-electron chi connectivity index (χ2n) is 10.5. The molecule has 0 saturated carbocycles. The molecule has 1 aromatic heterocycles. The number of fused-ring (bicyclic) bond motifs is 3. The molecule has 43 heavy (non-hydrogen) atoms. The largest absolute Gasteiger partial charge is 0.484 e. The van der Waals surface area contributed by atoms with E-state index in [0.717, 1.165) is 38.1 Å². The van der Waals surface area contributed by atoms with E-state index >= 15 is 0 Å². The van der Waals surface area contributed by atoms with Crippen LogP contribution in [0.15, 0.2) is 101 Å². The zero-order chi connectivity index (χ0) is 29.7. The van der Waals surface area contributed by atoms with Gasteiger partial charge in [-0.1, -0.05) is 89.3 Å². The van der Waals surface area contributed by atoms with Crippen LogP contribution in [0.2, 0.25) is 0 Å². The lowest BCUT2D eigenvalue weighted by Crippen LogP contribution is -2.32. The number of thiazole rings is 1. The smallest absolute Gasteiger partial charge is 0.305 e. The molecule has 0 spiro atoms. The van der Waals surface area contributed by atoms with Crippen molar-refractivity contribution >= 4 is 63.0 Å². The molecule has 0 unspecified atom stereocenters. The molecule has 7 rings (SSSR count). The van der Waals surface area contributed by atoms with E-state index in [1.165, 1.54) is 16.7 Å². The monoisotopic (exact) mass is 607 g/mol. The van der Waals surface area contributed by atoms with Crippen molar-refractivity contribution < 1.29 is 19.1 Å². The molecule has 5 aromatic rings. The number of carbonyl (C=O) groups is 3. The van der Waals surface area contributed by atoms with E-state index in [9.17, 15) is 19.2 Å². The number of rotatable bonds is 6. The fourth-order valence-corrected chi connectivity index (χ4v) is 8.28. The van der Waals surface area contributed by atoms with Crippen LogP contribution < -0.4 is 19.8 Å². The summed E-state index contributed by atoms with van der Waals surface area (Å²) in [7, 11) is 0. The number of hydrogen-bond donors (Lipinski definition) is 2. The van der Waals surface area contributed by atoms with Crippen molar-refractivity contribution in [1.82, 2.24) is 4.98 Å². The number of imide groups is 1. The highest BCUT2D eigenvalue weighted by Crippen LogP contribution is 2.53. The van der Waals surface area contributed by atoms with Crippen molar-refractivity contribution in [3.63, 3.8) is 0 Å². The minimum absolute atomic E-state index is 0.185. The Morgan fingerprint density at radius 1 is 0.907 bits per heavy atom. The number of anilines is 2. The molecule has 1 saturated heterocycles. The maximum atomic E-state index is 13.9. The third-order valence-electron chi connectivity index (χ3n) is 7.79. The van der Waals surface area contributed by atoms with E-state index in [0.29, 0.717) is 22.2 Å². The van der Waals surface area contributed by atoms with Crippen LogP contribution in [0.25, 0.3) is 10.8 Å². The Hall–Kier alpha value is -4.67. The first-order valence-electron chi connectivity index (χ1n) is 13.7. The van der Waals surface area contributed by atoms with Gasteiger partial charge in [-0.15, -0.1) is 0 Å². The van der Waals surface area contributed by atoms with Crippen molar-refractivity contribution in [2.24, 2.45) is 5.92 Å². The number of nitrogens with zero attached hydrogens (tertiary/aromatic N) is 1. The van der Waals surface area contributed by atoms with Crippen molar-refractivity contribution in [3.05, 3.63) is 117 Å². The highest BCUT2D eigenvalue weighted by atomic mass is 32.2. The quantitative estimate of drug-likeness (QED) is 0.240. The van der Waals surface area contributed by atoms with Gasteiger partial charge >= 0.3 is 4.87 Å². The number of benzene rings is 4. The first kappa shape index (κ1) is 27.2. The summed E-state index contributed by atoms with van der Waals surface area (Å²) in [6.45, 7) is 1.76. The molecular formula is C33H25N3O5S2. The highest BCUT2D eigenvalue weighted by molar-refractivity contribution is 8.00. The molecule has 2 aliphatic heterocycles. The average Bonchev–Trinajstić information content (AvgIpc) is 3.51. The van der Waals surface area contributed by atoms with Gasteiger partial charge in [-0.2, -0.15) is 0 Å². The molecule has 2 aliphatic rings. The molecule has 214 valence electrons. The highest BCUT2D eigenvalue weighted by Gasteiger charge is 2.56. The summed E-state index contributed by atoms with van der Waals surface area (Å²) >= 11 is 2.32. The second-order valence-corrected chi connectivity index (χ2v) is 12.7. The van der Waals surface area contributed by atoms with Crippen molar-refractivity contribution in [2.75, 3.05) is 16.8 Å². The van der Waals surface area contributed by atoms with Crippen LogP contribution in [0.4, 0.5) is 11.4 Å². The number of nitrogens with one attached hydrogen (secondary N) is 2. The van der Waals surface area contributed by atoms with Crippen LogP contribution in [-0.2, 0) is 14.4 Å². The SMILES string of the molecule is Cc1ccc(N2C(=O)[C@H]3[C@H](c4ccc(OCC(=O)Nc5cccc6ccccc56)cc4)c4sc(=O)[nH]c4S[C@H]3C2=O)cc1. The van der Waals surface area contributed by atoms with Gasteiger partial charge in [0, 0.05) is 21.9 Å². The summed E-state index contributed by atoms with van der Waals surface area (Å²) in [5, 5.41) is 4.85. The van der Waals surface area contributed by atoms with E-state index in [1.807, 2.05) is 73.7 Å². The van der Waals surface area contributed by atoms with Gasteiger partial charge < -0.3 is 15.0 Å². The van der Waals surface area contributed by atoms with Gasteiger partial charge in [-0.3, -0.25) is 19.2 Å². The van der Waals surface area contributed by atoms with Crippen LogP contribution >= 0.6 is 23.1 Å². The zero-order valence-electron chi connectivity index (χ0n) is 22.9. The lowest BCUT2D eigenvalue weighted by atomic mass is 9.83. The maximum absolute atomic E-state index is 13.9. The molecule has 0 bridgehead atoms. The third-order valence-corrected chi connectivity index (χ3v) is 10.2. The first-order chi connectivity index (χ1) is 20.9. The van der Waals surface area contributed by atoms with Gasteiger partial charge in [0.2, 0.25) is 11.8 Å². The molecule has 3 atom stereocenters. The second kappa shape index (κ2) is 10.9. The molecule has 0 aliphatic carbocycles. The van der Waals surface area contributed by atoms with Gasteiger partial charge in [0.15, 0.2) is 6.61 Å². The number of aromatic amines is 1. The van der Waals surface area contributed by atoms with Crippen molar-refractivity contribution in [3.8, 4) is 5.75 Å². The average molecular weight is 608 g/mol. The minimum Gasteiger partial charge on any atom is -0.484 e. The Morgan fingerprint density at radius 2 is 1.65 bits per heavy atom. The standard InChI is InChI=1S/C33H25N3O5S2/c1-18-9-13-21(14-10-18)36-31(38)27-26(28-30(35-33(40)43-28)42-29(27)32(36)39)20-11-15-22(16-12-20)41-17-25(37)34-24-8-4-6-19-5-2-3-7-23(19)24/h2-16,26-27,29H,17H2,1H3,(H,34,37)(H,35,40)/t26-,27-,29+/m0/s1. The number of carbonyl (C=O) groups excluding carboxylic acids is 3. The van der Waals surface area contributed by atoms with Crippen LogP contribution in [0, 0.1) is 12.8 Å². The Kier molecular flexibility index (Phi) is 6.87. The van der Waals surface area contributed by atoms with Crippen molar-refractivity contribution in [1.29, 1.82) is 0 Å². The molecule has 4 aromatic carbocycles. The summed E-state index contributed by atoms with van der Waals surface area (Å²) < 4.78 is 5.78. The van der Waals surface area contributed by atoms with E-state index in [4.69, 9.17) is 4.74 Å². The van der Waals surface area contributed by atoms with Crippen LogP contribution in [0.5, 0.6) is 5.75 Å². The Morgan fingerprint density at radius 3 is 2.44 bits per heavy atom.